The number of imidazole rings is 1. The van der Waals surface area contributed by atoms with Gasteiger partial charge in [0.1, 0.15) is 6.10 Å². The lowest BCUT2D eigenvalue weighted by Crippen LogP contribution is -2.45. The number of ether oxygens (including phenoxy) is 1. The molecular formula is C22H29N5O3. The van der Waals surface area contributed by atoms with Crippen molar-refractivity contribution in [2.75, 3.05) is 13.1 Å². The molecule has 30 heavy (non-hydrogen) atoms. The number of rotatable bonds is 5. The Morgan fingerprint density at radius 3 is 2.90 bits per heavy atom. The number of esters is 1. The summed E-state index contributed by atoms with van der Waals surface area (Å²) in [4.78, 5) is 31.4. The number of H-pyrrole nitrogens is 1. The maximum absolute atomic E-state index is 12.8. The minimum atomic E-state index is -0.427. The number of hydrogen-bond donors (Lipinski definition) is 1. The molecule has 8 heteroatoms. The number of hydrogen-bond acceptors (Lipinski definition) is 5. The second-order valence-electron chi connectivity index (χ2n) is 8.99. The van der Waals surface area contributed by atoms with E-state index in [-0.39, 0.29) is 18.0 Å². The van der Waals surface area contributed by atoms with Crippen molar-refractivity contribution in [3.8, 4) is 0 Å². The molecule has 2 fully saturated rings. The van der Waals surface area contributed by atoms with Crippen molar-refractivity contribution in [1.29, 1.82) is 0 Å². The molecule has 1 aliphatic carbocycles. The van der Waals surface area contributed by atoms with Crippen LogP contribution in [-0.4, -0.2) is 55.7 Å². The standard InChI is InChI=1S/C22H29N5O3/c28-20(6-5-19-17-3-1-2-4-18(17)24-25-19)27-10-7-22(8-11-27)13-16(30-21(22)29)14-26-12-9-23-15-26/h9,12,15-16H,1-8,10-11,13-14H2,(H,24,25). The van der Waals surface area contributed by atoms with Gasteiger partial charge >= 0.3 is 5.97 Å². The smallest absolute Gasteiger partial charge is 0.312 e. The van der Waals surface area contributed by atoms with Crippen LogP contribution >= 0.6 is 0 Å². The van der Waals surface area contributed by atoms with E-state index in [4.69, 9.17) is 4.74 Å². The summed E-state index contributed by atoms with van der Waals surface area (Å²) in [5.74, 6) is 0.0709. The van der Waals surface area contributed by atoms with Crippen LogP contribution in [0.2, 0.25) is 0 Å². The van der Waals surface area contributed by atoms with E-state index >= 15 is 0 Å². The van der Waals surface area contributed by atoms with Crippen molar-refractivity contribution in [2.45, 2.75) is 70.4 Å². The molecular weight excluding hydrogens is 382 g/mol. The highest BCUT2D eigenvalue weighted by Gasteiger charge is 2.50. The normalized spacial score (nSPS) is 22.9. The van der Waals surface area contributed by atoms with Gasteiger partial charge in [-0.1, -0.05) is 0 Å². The second kappa shape index (κ2) is 7.89. The molecule has 2 saturated heterocycles. The minimum Gasteiger partial charge on any atom is -0.460 e. The van der Waals surface area contributed by atoms with Crippen LogP contribution in [0.25, 0.3) is 0 Å². The van der Waals surface area contributed by atoms with Gasteiger partial charge in [0.15, 0.2) is 0 Å². The molecule has 5 rings (SSSR count). The van der Waals surface area contributed by atoms with Crippen LogP contribution in [0.1, 0.15) is 55.5 Å². The highest BCUT2D eigenvalue weighted by molar-refractivity contribution is 5.80. The highest BCUT2D eigenvalue weighted by atomic mass is 16.6. The van der Waals surface area contributed by atoms with Crippen molar-refractivity contribution in [1.82, 2.24) is 24.6 Å². The number of carbonyl (C=O) groups is 2. The molecule has 8 nitrogen and oxygen atoms in total. The number of nitrogens with zero attached hydrogens (tertiary/aromatic N) is 4. The predicted octanol–water partition coefficient (Wildman–Crippen LogP) is 2.04. The SMILES string of the molecule is O=C(CCc1n[nH]c2c1CCCC2)N1CCC2(CC1)CC(Cn1ccnc1)OC2=O. The number of fused-ring (bicyclic) bond motifs is 1. The van der Waals surface area contributed by atoms with Crippen LogP contribution in [0.15, 0.2) is 18.7 Å². The largest absolute Gasteiger partial charge is 0.460 e. The predicted molar refractivity (Wildman–Crippen MR) is 109 cm³/mol. The van der Waals surface area contributed by atoms with Crippen LogP contribution in [-0.2, 0) is 40.1 Å². The van der Waals surface area contributed by atoms with E-state index < -0.39 is 5.41 Å². The quantitative estimate of drug-likeness (QED) is 0.760. The lowest BCUT2D eigenvalue weighted by Gasteiger charge is -2.36. The fourth-order valence-electron chi connectivity index (χ4n) is 5.30. The number of cyclic esters (lactones) is 1. The van der Waals surface area contributed by atoms with E-state index in [9.17, 15) is 9.59 Å². The van der Waals surface area contributed by atoms with Crippen molar-refractivity contribution in [3.05, 3.63) is 35.7 Å². The zero-order valence-corrected chi connectivity index (χ0v) is 17.3. The molecule has 1 amide bonds. The Kier molecular flexibility index (Phi) is 5.08. The molecule has 1 unspecified atom stereocenters. The van der Waals surface area contributed by atoms with Gasteiger partial charge in [0.25, 0.3) is 0 Å². The Bertz CT molecular complexity index is 911. The van der Waals surface area contributed by atoms with Gasteiger partial charge in [-0.2, -0.15) is 5.10 Å². The number of likely N-dealkylation sites (tertiary alicyclic amines) is 1. The molecule has 1 N–H and O–H groups in total. The van der Waals surface area contributed by atoms with Crippen LogP contribution in [0.4, 0.5) is 0 Å². The Morgan fingerprint density at radius 2 is 2.10 bits per heavy atom. The van der Waals surface area contributed by atoms with Gasteiger partial charge in [0, 0.05) is 50.4 Å². The van der Waals surface area contributed by atoms with Crippen LogP contribution in [0, 0.1) is 5.41 Å². The molecule has 160 valence electrons. The van der Waals surface area contributed by atoms with Crippen molar-refractivity contribution >= 4 is 11.9 Å². The van der Waals surface area contributed by atoms with Gasteiger partial charge in [-0.05, 0) is 44.1 Å². The third-order valence-corrected chi connectivity index (χ3v) is 7.09. The first-order valence-corrected chi connectivity index (χ1v) is 11.1. The number of aromatic nitrogens is 4. The summed E-state index contributed by atoms with van der Waals surface area (Å²) in [5, 5.41) is 7.61. The molecule has 1 atom stereocenters. The van der Waals surface area contributed by atoms with E-state index in [1.54, 1.807) is 12.5 Å². The van der Waals surface area contributed by atoms with Crippen molar-refractivity contribution in [3.63, 3.8) is 0 Å². The Morgan fingerprint density at radius 1 is 1.27 bits per heavy atom. The van der Waals surface area contributed by atoms with Crippen LogP contribution in [0.3, 0.4) is 0 Å². The summed E-state index contributed by atoms with van der Waals surface area (Å²) in [6.07, 6.45) is 13.1. The number of carbonyl (C=O) groups excluding carboxylic acids is 2. The lowest BCUT2D eigenvalue weighted by atomic mass is 9.76. The molecule has 0 radical (unpaired) electrons. The Labute approximate surface area is 176 Å². The van der Waals surface area contributed by atoms with Gasteiger partial charge in [-0.25, -0.2) is 4.98 Å². The molecule has 1 spiro atoms. The van der Waals surface area contributed by atoms with E-state index in [0.717, 1.165) is 25.0 Å². The maximum Gasteiger partial charge on any atom is 0.312 e. The molecule has 4 heterocycles. The number of aryl methyl sites for hydroxylation is 2. The summed E-state index contributed by atoms with van der Waals surface area (Å²) < 4.78 is 7.62. The topological polar surface area (TPSA) is 93.1 Å². The molecule has 0 bridgehead atoms. The zero-order chi connectivity index (χ0) is 20.6. The van der Waals surface area contributed by atoms with Gasteiger partial charge < -0.3 is 14.2 Å². The number of nitrogens with one attached hydrogen (secondary N) is 1. The summed E-state index contributed by atoms with van der Waals surface area (Å²) >= 11 is 0. The fourth-order valence-corrected chi connectivity index (χ4v) is 5.30. The molecule has 0 aromatic carbocycles. The van der Waals surface area contributed by atoms with Crippen LogP contribution in [0.5, 0.6) is 0 Å². The van der Waals surface area contributed by atoms with Gasteiger partial charge in [-0.3, -0.25) is 14.7 Å². The fraction of sp³-hybridized carbons (Fsp3) is 0.636. The summed E-state index contributed by atoms with van der Waals surface area (Å²) in [7, 11) is 0. The average molecular weight is 412 g/mol. The summed E-state index contributed by atoms with van der Waals surface area (Å²) in [6.45, 7) is 1.90. The third-order valence-electron chi connectivity index (χ3n) is 7.09. The van der Waals surface area contributed by atoms with Crippen molar-refractivity contribution in [2.24, 2.45) is 5.41 Å². The average Bonchev–Trinajstić information content (AvgIpc) is 3.48. The first kappa shape index (κ1) is 19.3. The van der Waals surface area contributed by atoms with Crippen LogP contribution < -0.4 is 0 Å². The van der Waals surface area contributed by atoms with E-state index in [2.05, 4.69) is 15.2 Å². The number of piperidine rings is 1. The third kappa shape index (κ3) is 3.63. The first-order valence-electron chi connectivity index (χ1n) is 11.1. The maximum atomic E-state index is 12.8. The number of aromatic amines is 1. The van der Waals surface area contributed by atoms with Crippen molar-refractivity contribution < 1.29 is 14.3 Å². The zero-order valence-electron chi connectivity index (χ0n) is 17.3. The monoisotopic (exact) mass is 411 g/mol. The molecule has 0 saturated carbocycles. The van der Waals surface area contributed by atoms with Gasteiger partial charge in [-0.15, -0.1) is 0 Å². The molecule has 3 aliphatic rings. The summed E-state index contributed by atoms with van der Waals surface area (Å²) in [5.41, 5.74) is 3.23. The first-order chi connectivity index (χ1) is 14.6. The van der Waals surface area contributed by atoms with E-state index in [1.165, 1.54) is 24.1 Å². The van der Waals surface area contributed by atoms with E-state index in [1.807, 2.05) is 15.7 Å². The number of amides is 1. The lowest BCUT2D eigenvalue weighted by molar-refractivity contribution is -0.152. The van der Waals surface area contributed by atoms with Gasteiger partial charge in [0.2, 0.25) is 5.91 Å². The van der Waals surface area contributed by atoms with Gasteiger partial charge in [0.05, 0.1) is 24.0 Å². The minimum absolute atomic E-state index is 0.0946. The second-order valence-corrected chi connectivity index (χ2v) is 8.99. The van der Waals surface area contributed by atoms with E-state index in [0.29, 0.717) is 45.3 Å². The Balaban J connectivity index is 1.13. The molecule has 2 aromatic heterocycles. The molecule has 2 aromatic rings. The summed E-state index contributed by atoms with van der Waals surface area (Å²) in [6, 6.07) is 0. The highest BCUT2D eigenvalue weighted by Crippen LogP contribution is 2.43. The molecule has 2 aliphatic heterocycles. The Hall–Kier alpha value is -2.64.